The van der Waals surface area contributed by atoms with Gasteiger partial charge in [-0.2, -0.15) is 0 Å². The number of nitrogens with one attached hydrogen (secondary N) is 1. The smallest absolute Gasteiger partial charge is 0.290 e. The van der Waals surface area contributed by atoms with E-state index in [1.165, 1.54) is 0 Å². The molecule has 31 heavy (non-hydrogen) atoms. The van der Waals surface area contributed by atoms with Gasteiger partial charge in [0.25, 0.3) is 12.4 Å². The molecule has 0 radical (unpaired) electrons. The average Bonchev–Trinajstić information content (AvgIpc) is 2.76. The Morgan fingerprint density at radius 1 is 0.968 bits per heavy atom. The summed E-state index contributed by atoms with van der Waals surface area (Å²) >= 11 is 0. The Bertz CT molecular complexity index is 1240. The van der Waals surface area contributed by atoms with Crippen molar-refractivity contribution in [1.82, 2.24) is 19.9 Å². The Morgan fingerprint density at radius 2 is 1.61 bits per heavy atom. The molecule has 0 aliphatic carbocycles. The van der Waals surface area contributed by atoms with Gasteiger partial charge in [-0.3, -0.25) is 9.59 Å². The number of benzene rings is 2. The zero-order chi connectivity index (χ0) is 22.4. The lowest BCUT2D eigenvalue weighted by molar-refractivity contribution is -0.122. The minimum Gasteiger partial charge on any atom is -0.483 e. The summed E-state index contributed by atoms with van der Waals surface area (Å²) in [5.74, 6) is -0.00293. The zero-order valence-electron chi connectivity index (χ0n) is 16.9. The highest BCUT2D eigenvalue weighted by Crippen LogP contribution is 2.21. The Labute approximate surface area is 178 Å². The number of aryl methyl sites for hydroxylation is 2. The number of amides is 1. The average molecular weight is 416 g/mol. The SMILES string of the molecule is Cc1nc2ccc(NC(=O)c3cccc(-c4cnc(N)nc4)c3)cc2nc1C.O=CO. The summed E-state index contributed by atoms with van der Waals surface area (Å²) in [4.78, 5) is 38.1. The first kappa shape index (κ1) is 21.3. The summed E-state index contributed by atoms with van der Waals surface area (Å²) in [5, 5.41) is 9.80. The summed E-state index contributed by atoms with van der Waals surface area (Å²) in [5.41, 5.74) is 11.7. The first-order valence-corrected chi connectivity index (χ1v) is 9.23. The largest absolute Gasteiger partial charge is 0.483 e. The van der Waals surface area contributed by atoms with E-state index in [1.807, 2.05) is 44.2 Å². The molecule has 0 aliphatic heterocycles. The number of carboxylic acid groups (broad SMARTS) is 1. The van der Waals surface area contributed by atoms with Crippen LogP contribution in [0.15, 0.2) is 54.9 Å². The highest BCUT2D eigenvalue weighted by Gasteiger charge is 2.10. The monoisotopic (exact) mass is 416 g/mol. The van der Waals surface area contributed by atoms with Crippen molar-refractivity contribution in [2.24, 2.45) is 0 Å². The molecule has 4 rings (SSSR count). The van der Waals surface area contributed by atoms with Gasteiger partial charge in [0.15, 0.2) is 0 Å². The van der Waals surface area contributed by atoms with Gasteiger partial charge in [0.05, 0.1) is 22.4 Å². The molecule has 2 aromatic carbocycles. The van der Waals surface area contributed by atoms with E-state index in [0.717, 1.165) is 33.5 Å². The van der Waals surface area contributed by atoms with Crippen LogP contribution in [0.5, 0.6) is 0 Å². The van der Waals surface area contributed by atoms with Crippen molar-refractivity contribution >= 4 is 35.0 Å². The number of carbonyl (C=O) groups excluding carboxylic acids is 1. The predicted molar refractivity (Wildman–Crippen MR) is 118 cm³/mol. The molecule has 2 aromatic heterocycles. The standard InChI is InChI=1S/C21H18N6O.CH2O2/c1-12-13(2)26-19-9-17(6-7-18(19)25-12)27-20(28)15-5-3-4-14(8-15)16-10-23-21(22)24-11-16;2-1-3/h3-11H,1-2H3,(H,27,28)(H2,22,23,24);1H,(H,2,3). The highest BCUT2D eigenvalue weighted by atomic mass is 16.3. The van der Waals surface area contributed by atoms with Crippen molar-refractivity contribution in [2.45, 2.75) is 13.8 Å². The second-order valence-electron chi connectivity index (χ2n) is 6.57. The lowest BCUT2D eigenvalue weighted by atomic mass is 10.1. The second kappa shape index (κ2) is 9.40. The van der Waals surface area contributed by atoms with Crippen LogP contribution in [-0.4, -0.2) is 37.4 Å². The van der Waals surface area contributed by atoms with Crippen LogP contribution in [-0.2, 0) is 4.79 Å². The van der Waals surface area contributed by atoms with Crippen molar-refractivity contribution in [3.8, 4) is 11.1 Å². The lowest BCUT2D eigenvalue weighted by Gasteiger charge is -2.09. The van der Waals surface area contributed by atoms with E-state index in [1.54, 1.807) is 24.5 Å². The fourth-order valence-corrected chi connectivity index (χ4v) is 2.84. The number of anilines is 2. The number of hydrogen-bond donors (Lipinski definition) is 3. The van der Waals surface area contributed by atoms with Gasteiger partial charge in [0.1, 0.15) is 0 Å². The van der Waals surface area contributed by atoms with Crippen LogP contribution in [0.25, 0.3) is 22.2 Å². The fraction of sp³-hybridized carbons (Fsp3) is 0.0909. The molecular formula is C22H20N6O3. The Morgan fingerprint density at radius 3 is 2.29 bits per heavy atom. The summed E-state index contributed by atoms with van der Waals surface area (Å²) < 4.78 is 0. The summed E-state index contributed by atoms with van der Waals surface area (Å²) in [6.45, 7) is 3.59. The van der Waals surface area contributed by atoms with Gasteiger partial charge in [0, 0.05) is 29.2 Å². The summed E-state index contributed by atoms with van der Waals surface area (Å²) in [6, 6.07) is 12.8. The molecule has 156 valence electrons. The van der Waals surface area contributed by atoms with Crippen molar-refractivity contribution in [3.63, 3.8) is 0 Å². The zero-order valence-corrected chi connectivity index (χ0v) is 16.9. The van der Waals surface area contributed by atoms with E-state index in [0.29, 0.717) is 11.3 Å². The van der Waals surface area contributed by atoms with Gasteiger partial charge in [-0.1, -0.05) is 12.1 Å². The third-order valence-electron chi connectivity index (χ3n) is 4.46. The minimum absolute atomic E-state index is 0.211. The molecule has 0 aliphatic rings. The highest BCUT2D eigenvalue weighted by molar-refractivity contribution is 6.05. The number of nitrogen functional groups attached to an aromatic ring is 1. The van der Waals surface area contributed by atoms with Gasteiger partial charge in [-0.05, 0) is 49.7 Å². The van der Waals surface area contributed by atoms with E-state index < -0.39 is 0 Å². The van der Waals surface area contributed by atoms with Crippen molar-refractivity contribution in [2.75, 3.05) is 11.1 Å². The minimum atomic E-state index is -0.250. The number of hydrogen-bond acceptors (Lipinski definition) is 7. The van der Waals surface area contributed by atoms with Crippen molar-refractivity contribution < 1.29 is 14.7 Å². The van der Waals surface area contributed by atoms with Gasteiger partial charge >= 0.3 is 0 Å². The molecule has 0 fully saturated rings. The van der Waals surface area contributed by atoms with E-state index in [9.17, 15) is 4.79 Å². The second-order valence-corrected chi connectivity index (χ2v) is 6.57. The molecular weight excluding hydrogens is 396 g/mol. The molecule has 0 saturated heterocycles. The first-order chi connectivity index (χ1) is 14.9. The van der Waals surface area contributed by atoms with E-state index in [4.69, 9.17) is 15.6 Å². The third-order valence-corrected chi connectivity index (χ3v) is 4.46. The Hall–Kier alpha value is -4.40. The number of nitrogens with two attached hydrogens (primary N) is 1. The summed E-state index contributed by atoms with van der Waals surface area (Å²) in [6.07, 6.45) is 3.26. The maximum absolute atomic E-state index is 12.7. The molecule has 0 saturated carbocycles. The molecule has 0 atom stereocenters. The van der Waals surface area contributed by atoms with Crippen LogP contribution >= 0.6 is 0 Å². The van der Waals surface area contributed by atoms with E-state index in [2.05, 4.69) is 25.3 Å². The molecule has 4 aromatic rings. The normalized spacial score (nSPS) is 10.1. The topological polar surface area (TPSA) is 144 Å². The van der Waals surface area contributed by atoms with Gasteiger partial charge in [-0.25, -0.2) is 19.9 Å². The molecule has 2 heterocycles. The van der Waals surface area contributed by atoms with E-state index >= 15 is 0 Å². The maximum atomic E-state index is 12.7. The number of carbonyl (C=O) groups is 2. The summed E-state index contributed by atoms with van der Waals surface area (Å²) in [7, 11) is 0. The van der Waals surface area contributed by atoms with E-state index in [-0.39, 0.29) is 18.3 Å². The quantitative estimate of drug-likeness (QED) is 0.432. The van der Waals surface area contributed by atoms with Crippen LogP contribution in [0.4, 0.5) is 11.6 Å². The molecule has 0 unspecified atom stereocenters. The van der Waals surface area contributed by atoms with Crippen molar-refractivity contribution in [3.05, 3.63) is 71.8 Å². The predicted octanol–water partition coefficient (Wildman–Crippen LogP) is 3.24. The van der Waals surface area contributed by atoms with Crippen molar-refractivity contribution in [1.29, 1.82) is 0 Å². The molecule has 1 amide bonds. The van der Waals surface area contributed by atoms with Gasteiger partial charge in [-0.15, -0.1) is 0 Å². The molecule has 0 bridgehead atoms. The van der Waals surface area contributed by atoms with Crippen LogP contribution < -0.4 is 11.1 Å². The molecule has 0 spiro atoms. The van der Waals surface area contributed by atoms with Crippen LogP contribution in [0.2, 0.25) is 0 Å². The lowest BCUT2D eigenvalue weighted by Crippen LogP contribution is -2.12. The van der Waals surface area contributed by atoms with Crippen LogP contribution in [0.1, 0.15) is 21.7 Å². The number of nitrogens with zero attached hydrogens (tertiary/aromatic N) is 4. The number of aromatic nitrogens is 4. The first-order valence-electron chi connectivity index (χ1n) is 9.23. The maximum Gasteiger partial charge on any atom is 0.290 e. The third kappa shape index (κ3) is 5.15. The number of fused-ring (bicyclic) bond motifs is 1. The van der Waals surface area contributed by atoms with Crippen LogP contribution in [0, 0.1) is 13.8 Å². The van der Waals surface area contributed by atoms with Crippen LogP contribution in [0.3, 0.4) is 0 Å². The molecule has 9 heteroatoms. The Balaban J connectivity index is 0.000000858. The molecule has 4 N–H and O–H groups in total. The van der Waals surface area contributed by atoms with Gasteiger partial charge < -0.3 is 16.2 Å². The number of rotatable bonds is 3. The Kier molecular flexibility index (Phi) is 6.46. The van der Waals surface area contributed by atoms with Gasteiger partial charge in [0.2, 0.25) is 5.95 Å². The molecule has 9 nitrogen and oxygen atoms in total. The fourth-order valence-electron chi connectivity index (χ4n) is 2.84.